The molecule has 0 aliphatic carbocycles. The van der Waals surface area contributed by atoms with Crippen LogP contribution in [0.4, 0.5) is 9.59 Å². The number of nitrogens with one attached hydrogen (secondary N) is 2. The Bertz CT molecular complexity index is 1020. The molecule has 0 rings (SSSR count). The van der Waals surface area contributed by atoms with E-state index in [1.165, 1.54) is 0 Å². The minimum atomic E-state index is -0.360. The van der Waals surface area contributed by atoms with Gasteiger partial charge in [0.25, 0.3) is 0 Å². The first-order valence-corrected chi connectivity index (χ1v) is 15.5. The molecule has 240 valence electrons. The van der Waals surface area contributed by atoms with E-state index in [-0.39, 0.29) is 25.4 Å². The second kappa shape index (κ2) is 38.8. The number of unbranched alkanes of at least 4 members (excludes halogenated alkanes) is 9. The summed E-state index contributed by atoms with van der Waals surface area (Å²) in [4.78, 5) is 21.8. The van der Waals surface area contributed by atoms with Gasteiger partial charge in [-0.15, -0.1) is 0 Å². The minimum absolute atomic E-state index is 0.226. The van der Waals surface area contributed by atoms with Gasteiger partial charge in [0.1, 0.15) is 0 Å². The predicted molar refractivity (Wildman–Crippen MR) is 176 cm³/mol. The molecule has 44 heavy (non-hydrogen) atoms. The van der Waals surface area contributed by atoms with E-state index in [0.29, 0.717) is 52.0 Å². The zero-order chi connectivity index (χ0) is 32.6. The Morgan fingerprint density at radius 3 is 1.09 bits per heavy atom. The molecule has 0 aliphatic rings. The van der Waals surface area contributed by atoms with E-state index in [9.17, 15) is 9.59 Å². The lowest BCUT2D eigenvalue weighted by Gasteiger charge is -2.06. The highest BCUT2D eigenvalue weighted by Gasteiger charge is 2.00. The first kappa shape index (κ1) is 42.0. The zero-order valence-corrected chi connectivity index (χ0v) is 26.7. The van der Waals surface area contributed by atoms with E-state index in [1.807, 2.05) is 0 Å². The molecule has 0 saturated carbocycles. The molecule has 4 N–H and O–H groups in total. The number of aliphatic hydroxyl groups is 2. The van der Waals surface area contributed by atoms with Crippen molar-refractivity contribution in [1.82, 2.24) is 10.6 Å². The van der Waals surface area contributed by atoms with Crippen LogP contribution in [0.3, 0.4) is 0 Å². The monoisotopic (exact) mass is 606 g/mol. The van der Waals surface area contributed by atoms with Crippen molar-refractivity contribution >= 4 is 12.2 Å². The molecule has 2 amide bonds. The average Bonchev–Trinajstić information content (AvgIpc) is 3.01. The Labute approximate surface area is 266 Å². The Morgan fingerprint density at radius 2 is 0.795 bits per heavy atom. The van der Waals surface area contributed by atoms with Crippen molar-refractivity contribution in [2.45, 2.75) is 104 Å². The van der Waals surface area contributed by atoms with E-state index in [2.05, 4.69) is 81.7 Å². The van der Waals surface area contributed by atoms with Gasteiger partial charge in [0.05, 0.1) is 13.2 Å². The molecule has 8 heteroatoms. The van der Waals surface area contributed by atoms with Crippen LogP contribution in [0.2, 0.25) is 0 Å². The number of ether oxygens (including phenoxy) is 2. The fourth-order valence-electron chi connectivity index (χ4n) is 2.89. The quantitative estimate of drug-likeness (QED) is 0.138. The Kier molecular flexibility index (Phi) is 37.0. The maximum absolute atomic E-state index is 10.9. The Morgan fingerprint density at radius 1 is 0.477 bits per heavy atom. The van der Waals surface area contributed by atoms with Crippen LogP contribution in [0, 0.1) is 71.0 Å². The lowest BCUT2D eigenvalue weighted by atomic mass is 10.2. The summed E-state index contributed by atoms with van der Waals surface area (Å²) in [6.07, 6.45) is 10.9. The molecule has 0 aromatic carbocycles. The molecule has 0 aromatic rings. The molecule has 0 unspecified atom stereocenters. The molecular formula is C36H50N2O6. The van der Waals surface area contributed by atoms with Crippen molar-refractivity contribution in [2.75, 3.05) is 39.5 Å². The van der Waals surface area contributed by atoms with Gasteiger partial charge in [-0.05, 0) is 87.9 Å². The molecule has 0 bridgehead atoms. The van der Waals surface area contributed by atoms with Gasteiger partial charge in [0, 0.05) is 64.8 Å². The number of hydrogen-bond donors (Lipinski definition) is 4. The van der Waals surface area contributed by atoms with Gasteiger partial charge >= 0.3 is 12.2 Å². The zero-order valence-electron chi connectivity index (χ0n) is 26.7. The van der Waals surface area contributed by atoms with Gasteiger partial charge in [-0.3, -0.25) is 0 Å². The normalized spacial score (nSPS) is 8.45. The van der Waals surface area contributed by atoms with Crippen LogP contribution in [-0.4, -0.2) is 61.9 Å². The molecule has 0 aliphatic heterocycles. The molecule has 0 radical (unpaired) electrons. The maximum atomic E-state index is 10.9. The van der Waals surface area contributed by atoms with E-state index in [0.717, 1.165) is 64.2 Å². The fourth-order valence-corrected chi connectivity index (χ4v) is 2.89. The van der Waals surface area contributed by atoms with Crippen molar-refractivity contribution < 1.29 is 29.3 Å². The summed E-state index contributed by atoms with van der Waals surface area (Å²) in [6, 6.07) is 0. The van der Waals surface area contributed by atoms with Gasteiger partial charge in [0.15, 0.2) is 0 Å². The first-order chi connectivity index (χ1) is 21.6. The second-order valence-electron chi connectivity index (χ2n) is 8.88. The van der Waals surface area contributed by atoms with Crippen LogP contribution in [0.25, 0.3) is 0 Å². The number of carbonyl (C=O) groups is 2. The van der Waals surface area contributed by atoms with E-state index in [1.54, 1.807) is 13.8 Å². The predicted octanol–water partition coefficient (Wildman–Crippen LogP) is 4.93. The molecule has 0 fully saturated rings. The van der Waals surface area contributed by atoms with Crippen LogP contribution in [0.1, 0.15) is 104 Å². The molecule has 0 spiro atoms. The number of alkyl carbamates (subject to hydrolysis) is 2. The number of rotatable bonds is 17. The summed E-state index contributed by atoms with van der Waals surface area (Å²) < 4.78 is 9.45. The summed E-state index contributed by atoms with van der Waals surface area (Å²) in [5, 5.41) is 22.6. The van der Waals surface area contributed by atoms with Gasteiger partial charge in [0.2, 0.25) is 0 Å². The van der Waals surface area contributed by atoms with Gasteiger partial charge < -0.3 is 30.3 Å². The van der Waals surface area contributed by atoms with Crippen LogP contribution in [0.15, 0.2) is 0 Å². The Balaban J connectivity index is 0. The summed E-state index contributed by atoms with van der Waals surface area (Å²) in [5.41, 5.74) is 0. The highest BCUT2D eigenvalue weighted by Crippen LogP contribution is 1.98. The van der Waals surface area contributed by atoms with Crippen LogP contribution < -0.4 is 10.6 Å². The van der Waals surface area contributed by atoms with E-state index >= 15 is 0 Å². The summed E-state index contributed by atoms with van der Waals surface area (Å²) >= 11 is 0. The van der Waals surface area contributed by atoms with Crippen LogP contribution >= 0.6 is 0 Å². The third-order valence-corrected chi connectivity index (χ3v) is 5.08. The highest BCUT2D eigenvalue weighted by molar-refractivity contribution is 5.67. The van der Waals surface area contributed by atoms with Crippen molar-refractivity contribution in [2.24, 2.45) is 0 Å². The van der Waals surface area contributed by atoms with Crippen molar-refractivity contribution in [3.63, 3.8) is 0 Å². The van der Waals surface area contributed by atoms with Gasteiger partial charge in [-0.25, -0.2) is 9.59 Å². The molecule has 0 aromatic heterocycles. The molecule has 0 atom stereocenters. The van der Waals surface area contributed by atoms with Crippen molar-refractivity contribution in [3.8, 4) is 71.0 Å². The number of amides is 2. The minimum Gasteiger partial charge on any atom is -0.450 e. The largest absolute Gasteiger partial charge is 0.450 e. The summed E-state index contributed by atoms with van der Waals surface area (Å²) in [7, 11) is 0. The third kappa shape index (κ3) is 40.0. The van der Waals surface area contributed by atoms with Gasteiger partial charge in [-0.2, -0.15) is 0 Å². The van der Waals surface area contributed by atoms with Crippen molar-refractivity contribution in [1.29, 1.82) is 0 Å². The number of carbonyl (C=O) groups excluding carboxylic acids is 2. The van der Waals surface area contributed by atoms with E-state index < -0.39 is 0 Å². The Hall–Kier alpha value is -4.18. The van der Waals surface area contributed by atoms with Crippen LogP contribution in [0.5, 0.6) is 0 Å². The average molecular weight is 607 g/mol. The fraction of sp³-hybridized carbons (Fsp3) is 0.611. The summed E-state index contributed by atoms with van der Waals surface area (Å²) in [5.74, 6) is 34.5. The van der Waals surface area contributed by atoms with Gasteiger partial charge in [-0.1, -0.05) is 48.4 Å². The molecule has 0 saturated heterocycles. The topological polar surface area (TPSA) is 117 Å². The molecule has 8 nitrogen and oxygen atoms in total. The highest BCUT2D eigenvalue weighted by atomic mass is 16.6. The van der Waals surface area contributed by atoms with Crippen LogP contribution in [-0.2, 0) is 9.47 Å². The summed E-state index contributed by atoms with van der Waals surface area (Å²) in [6.45, 7) is 6.05. The second-order valence-corrected chi connectivity index (χ2v) is 8.88. The lowest BCUT2D eigenvalue weighted by Crippen LogP contribution is -2.26. The van der Waals surface area contributed by atoms with E-state index in [4.69, 9.17) is 19.7 Å². The van der Waals surface area contributed by atoms with Crippen molar-refractivity contribution in [3.05, 3.63) is 0 Å². The lowest BCUT2D eigenvalue weighted by molar-refractivity contribution is 0.150. The molecule has 0 heterocycles. The first-order valence-electron chi connectivity index (χ1n) is 15.5. The molecular weight excluding hydrogens is 556 g/mol. The standard InChI is InChI=1S/C24H26O2.C12H24N2O4/c25-23-21-19-17-15-13-11-9-7-5-3-1-2-4-6-8-10-12-14-16-18-20-22-24-26;1-3-17-11(15)13-9-7-5-6-8-10-14-12(16)18-4-2/h25-26H,5-8,17-24H2;3-10H2,1-2H3,(H,13,15)(H,14,16). The number of aliphatic hydroxyl groups excluding tert-OH is 2. The SMILES string of the molecule is CCOC(=O)NCCCCCCNC(=O)OCC.OCCCCC#CC#CCCC#CC#CCCC#CC#CCCCCO. The third-order valence-electron chi connectivity index (χ3n) is 5.08. The smallest absolute Gasteiger partial charge is 0.407 e. The number of hydrogen-bond acceptors (Lipinski definition) is 6. The maximum Gasteiger partial charge on any atom is 0.407 e.